The average Bonchev–Trinajstić information content (AvgIpc) is 2.31. The maximum absolute atomic E-state index is 11.3. The van der Waals surface area contributed by atoms with E-state index < -0.39 is 12.0 Å². The molecule has 2 heterocycles. The molecule has 16 heavy (non-hydrogen) atoms. The molecule has 0 spiro atoms. The molecule has 1 aliphatic rings. The molecule has 0 unspecified atom stereocenters. The first-order valence-corrected chi connectivity index (χ1v) is 5.23. The maximum atomic E-state index is 11.3. The number of aliphatic carboxylic acids is 1. The summed E-state index contributed by atoms with van der Waals surface area (Å²) in [5, 5.41) is 9.27. The van der Waals surface area contributed by atoms with E-state index in [1.807, 2.05) is 4.90 Å². The molecule has 1 N–H and O–H groups in total. The Kier molecular flexibility index (Phi) is 3.48. The second-order valence-corrected chi connectivity index (χ2v) is 3.68. The number of pyridine rings is 1. The van der Waals surface area contributed by atoms with Gasteiger partial charge < -0.3 is 9.84 Å². The first-order chi connectivity index (χ1) is 7.79. The fourth-order valence-electron chi connectivity index (χ4n) is 1.88. The Morgan fingerprint density at radius 2 is 2.25 bits per heavy atom. The standard InChI is InChI=1S/C11H14N2O3/c14-11(15)10(9-2-1-3-12-8-9)13-4-6-16-7-5-13/h1-3,8,10H,4-7H2,(H,14,15)/t10-/m1/s1. The zero-order valence-corrected chi connectivity index (χ0v) is 8.87. The third-order valence-corrected chi connectivity index (χ3v) is 2.64. The van der Waals surface area contributed by atoms with Gasteiger partial charge in [0.05, 0.1) is 13.2 Å². The van der Waals surface area contributed by atoms with E-state index in [0.717, 1.165) is 5.56 Å². The molecule has 0 amide bonds. The van der Waals surface area contributed by atoms with Crippen LogP contribution in [0, 0.1) is 0 Å². The SMILES string of the molecule is O=C(O)[C@@H](c1cccnc1)N1CCOCC1. The Hall–Kier alpha value is -1.46. The molecule has 1 atom stereocenters. The lowest BCUT2D eigenvalue weighted by molar-refractivity contribution is -0.145. The van der Waals surface area contributed by atoms with Gasteiger partial charge >= 0.3 is 5.97 Å². The number of rotatable bonds is 3. The Morgan fingerprint density at radius 3 is 2.81 bits per heavy atom. The Balaban J connectivity index is 2.20. The number of aromatic nitrogens is 1. The van der Waals surface area contributed by atoms with Gasteiger partial charge in [-0.05, 0) is 11.6 Å². The fraction of sp³-hybridized carbons (Fsp3) is 0.455. The highest BCUT2D eigenvalue weighted by Crippen LogP contribution is 2.21. The van der Waals surface area contributed by atoms with Crippen molar-refractivity contribution in [1.29, 1.82) is 0 Å². The van der Waals surface area contributed by atoms with Crippen LogP contribution in [0.25, 0.3) is 0 Å². The van der Waals surface area contributed by atoms with E-state index in [9.17, 15) is 9.90 Å². The molecule has 5 heteroatoms. The molecule has 2 rings (SSSR count). The zero-order chi connectivity index (χ0) is 11.4. The molecule has 0 radical (unpaired) electrons. The Labute approximate surface area is 93.7 Å². The van der Waals surface area contributed by atoms with Crippen LogP contribution >= 0.6 is 0 Å². The first kappa shape index (κ1) is 11.0. The van der Waals surface area contributed by atoms with E-state index in [4.69, 9.17) is 4.74 Å². The molecule has 1 saturated heterocycles. The molecule has 1 aromatic heterocycles. The number of morpholine rings is 1. The van der Waals surface area contributed by atoms with Crippen molar-refractivity contribution < 1.29 is 14.6 Å². The third-order valence-electron chi connectivity index (χ3n) is 2.64. The molecule has 86 valence electrons. The molecule has 0 saturated carbocycles. The van der Waals surface area contributed by atoms with Crippen LogP contribution in [0.15, 0.2) is 24.5 Å². The summed E-state index contributed by atoms with van der Waals surface area (Å²) in [4.78, 5) is 17.2. The Morgan fingerprint density at radius 1 is 1.50 bits per heavy atom. The second kappa shape index (κ2) is 5.05. The molecule has 1 aromatic rings. The summed E-state index contributed by atoms with van der Waals surface area (Å²) in [7, 11) is 0. The average molecular weight is 222 g/mol. The van der Waals surface area contributed by atoms with Crippen LogP contribution in [0.5, 0.6) is 0 Å². The van der Waals surface area contributed by atoms with E-state index in [1.165, 1.54) is 0 Å². The molecular weight excluding hydrogens is 208 g/mol. The second-order valence-electron chi connectivity index (χ2n) is 3.68. The van der Waals surface area contributed by atoms with Gasteiger partial charge in [-0.15, -0.1) is 0 Å². The lowest BCUT2D eigenvalue weighted by atomic mass is 10.1. The van der Waals surface area contributed by atoms with Crippen LogP contribution in [-0.2, 0) is 9.53 Å². The summed E-state index contributed by atoms with van der Waals surface area (Å²) in [6, 6.07) is 2.94. The van der Waals surface area contributed by atoms with Gasteiger partial charge in [-0.3, -0.25) is 14.7 Å². The molecule has 1 fully saturated rings. The highest BCUT2D eigenvalue weighted by atomic mass is 16.5. The van der Waals surface area contributed by atoms with Crippen LogP contribution in [0.2, 0.25) is 0 Å². The van der Waals surface area contributed by atoms with Gasteiger partial charge in [-0.2, -0.15) is 0 Å². The van der Waals surface area contributed by atoms with Gasteiger partial charge in [-0.1, -0.05) is 6.07 Å². The number of hydrogen-bond acceptors (Lipinski definition) is 4. The van der Waals surface area contributed by atoms with Crippen LogP contribution in [0.1, 0.15) is 11.6 Å². The minimum absolute atomic E-state index is 0.587. The summed E-state index contributed by atoms with van der Waals surface area (Å²) < 4.78 is 5.22. The van der Waals surface area contributed by atoms with E-state index in [0.29, 0.717) is 26.3 Å². The number of carboxylic acids is 1. The van der Waals surface area contributed by atoms with Gasteiger partial charge in [0.25, 0.3) is 0 Å². The normalized spacial score (nSPS) is 19.2. The number of carboxylic acid groups (broad SMARTS) is 1. The van der Waals surface area contributed by atoms with E-state index in [1.54, 1.807) is 24.5 Å². The van der Waals surface area contributed by atoms with Crippen molar-refractivity contribution in [2.24, 2.45) is 0 Å². The number of nitrogens with zero attached hydrogens (tertiary/aromatic N) is 2. The summed E-state index contributed by atoms with van der Waals surface area (Å²) in [6.07, 6.45) is 3.25. The highest BCUT2D eigenvalue weighted by molar-refractivity contribution is 5.75. The molecule has 1 aliphatic heterocycles. The smallest absolute Gasteiger partial charge is 0.325 e. The molecular formula is C11H14N2O3. The van der Waals surface area contributed by atoms with Crippen LogP contribution < -0.4 is 0 Å². The molecule has 0 bridgehead atoms. The fourth-order valence-corrected chi connectivity index (χ4v) is 1.88. The number of carbonyl (C=O) groups is 1. The largest absolute Gasteiger partial charge is 0.480 e. The topological polar surface area (TPSA) is 62.7 Å². The predicted octanol–water partition coefficient (Wildman–Crippen LogP) is 0.540. The number of ether oxygens (including phenoxy) is 1. The first-order valence-electron chi connectivity index (χ1n) is 5.23. The van der Waals surface area contributed by atoms with Crippen molar-refractivity contribution in [2.75, 3.05) is 26.3 Å². The van der Waals surface area contributed by atoms with Gasteiger partial charge in [-0.25, -0.2) is 0 Å². The lowest BCUT2D eigenvalue weighted by Crippen LogP contribution is -2.42. The summed E-state index contributed by atoms with van der Waals surface area (Å²) in [5.74, 6) is -0.838. The molecule has 5 nitrogen and oxygen atoms in total. The van der Waals surface area contributed by atoms with Crippen molar-refractivity contribution >= 4 is 5.97 Å². The van der Waals surface area contributed by atoms with Gasteiger partial charge in [0.15, 0.2) is 0 Å². The minimum atomic E-state index is -0.838. The van der Waals surface area contributed by atoms with Crippen LogP contribution in [0.4, 0.5) is 0 Å². The lowest BCUT2D eigenvalue weighted by Gasteiger charge is -2.31. The quantitative estimate of drug-likeness (QED) is 0.808. The van der Waals surface area contributed by atoms with Crippen molar-refractivity contribution in [3.63, 3.8) is 0 Å². The van der Waals surface area contributed by atoms with Crippen LogP contribution in [0.3, 0.4) is 0 Å². The van der Waals surface area contributed by atoms with Crippen molar-refractivity contribution in [2.45, 2.75) is 6.04 Å². The van der Waals surface area contributed by atoms with Crippen molar-refractivity contribution in [1.82, 2.24) is 9.88 Å². The minimum Gasteiger partial charge on any atom is -0.480 e. The molecule has 0 aromatic carbocycles. The van der Waals surface area contributed by atoms with Crippen LogP contribution in [-0.4, -0.2) is 47.3 Å². The third kappa shape index (κ3) is 2.37. The van der Waals surface area contributed by atoms with Crippen molar-refractivity contribution in [3.8, 4) is 0 Å². The summed E-state index contributed by atoms with van der Waals surface area (Å²) >= 11 is 0. The Bertz CT molecular complexity index is 350. The summed E-state index contributed by atoms with van der Waals surface area (Å²) in [6.45, 7) is 2.46. The van der Waals surface area contributed by atoms with E-state index in [2.05, 4.69) is 4.98 Å². The monoisotopic (exact) mass is 222 g/mol. The van der Waals surface area contributed by atoms with Crippen molar-refractivity contribution in [3.05, 3.63) is 30.1 Å². The van der Waals surface area contributed by atoms with Gasteiger partial charge in [0.2, 0.25) is 0 Å². The summed E-state index contributed by atoms with van der Waals surface area (Å²) in [5.41, 5.74) is 0.719. The predicted molar refractivity (Wildman–Crippen MR) is 57.0 cm³/mol. The molecule has 0 aliphatic carbocycles. The maximum Gasteiger partial charge on any atom is 0.325 e. The van der Waals surface area contributed by atoms with E-state index in [-0.39, 0.29) is 0 Å². The zero-order valence-electron chi connectivity index (χ0n) is 8.87. The number of hydrogen-bond donors (Lipinski definition) is 1. The van der Waals surface area contributed by atoms with E-state index >= 15 is 0 Å². The van der Waals surface area contributed by atoms with Gasteiger partial charge in [0.1, 0.15) is 6.04 Å². The van der Waals surface area contributed by atoms with Gasteiger partial charge in [0, 0.05) is 25.5 Å². The highest BCUT2D eigenvalue weighted by Gasteiger charge is 2.28.